The van der Waals surface area contributed by atoms with Gasteiger partial charge in [-0.15, -0.1) is 0 Å². The van der Waals surface area contributed by atoms with E-state index in [0.29, 0.717) is 24.7 Å². The van der Waals surface area contributed by atoms with Crippen molar-refractivity contribution in [2.75, 3.05) is 13.1 Å². The number of nitrogens with one attached hydrogen (secondary N) is 1. The Morgan fingerprint density at radius 1 is 1.15 bits per heavy atom. The summed E-state index contributed by atoms with van der Waals surface area (Å²) in [5.74, 6) is 2.02. The molecular weight excluding hydrogens is 356 g/mol. The largest absolute Gasteiger partial charge is 0.342 e. The summed E-state index contributed by atoms with van der Waals surface area (Å²) in [6.07, 6.45) is 2.31. The molecule has 2 aliphatic rings. The van der Waals surface area contributed by atoms with Crippen LogP contribution in [0.4, 0.5) is 0 Å². The topological polar surface area (TPSA) is 53.9 Å². The number of hydrogen-bond acceptors (Lipinski definition) is 3. The smallest absolute Gasteiger partial charge is 0.223 e. The molecule has 6 heteroatoms. The predicted octanol–water partition coefficient (Wildman–Crippen LogP) is 3.67. The number of aryl methyl sites for hydroxylation is 1. The third-order valence-electron chi connectivity index (χ3n) is 5.85. The minimum atomic E-state index is 0.230. The number of aromatic amines is 1. The van der Waals surface area contributed by atoms with Crippen molar-refractivity contribution in [1.29, 1.82) is 0 Å². The molecule has 1 amide bonds. The molecule has 1 fully saturated rings. The Kier molecular flexibility index (Phi) is 4.08. The second-order valence-electron chi connectivity index (χ2n) is 7.70. The molecule has 3 aromatic rings. The number of nitrogens with zero attached hydrogens (tertiary/aromatic N) is 3. The number of amides is 1. The van der Waals surface area contributed by atoms with Gasteiger partial charge in [0.25, 0.3) is 0 Å². The predicted molar refractivity (Wildman–Crippen MR) is 107 cm³/mol. The fraction of sp³-hybridized carbons (Fsp3) is 0.381. The SMILES string of the molecule is O=C(CCc1nc2ccccc2[nH]1)N1C[C@H]2C[C@@H](C1)c1cccc(=S)n1C2. The van der Waals surface area contributed by atoms with Crippen LogP contribution >= 0.6 is 12.2 Å². The number of carbonyl (C=O) groups is 1. The van der Waals surface area contributed by atoms with Crippen LogP contribution in [0.3, 0.4) is 0 Å². The van der Waals surface area contributed by atoms with E-state index >= 15 is 0 Å². The van der Waals surface area contributed by atoms with Crippen LogP contribution in [0.5, 0.6) is 0 Å². The highest BCUT2D eigenvalue weighted by Crippen LogP contribution is 2.36. The fourth-order valence-electron chi connectivity index (χ4n) is 4.61. The minimum absolute atomic E-state index is 0.230. The Morgan fingerprint density at radius 2 is 2.04 bits per heavy atom. The van der Waals surface area contributed by atoms with Crippen molar-refractivity contribution in [3.05, 3.63) is 58.6 Å². The number of fused-ring (bicyclic) bond motifs is 5. The summed E-state index contributed by atoms with van der Waals surface area (Å²) in [7, 11) is 0. The van der Waals surface area contributed by atoms with Gasteiger partial charge in [-0.25, -0.2) is 4.98 Å². The summed E-state index contributed by atoms with van der Waals surface area (Å²) in [4.78, 5) is 22.8. The van der Waals surface area contributed by atoms with E-state index in [1.807, 2.05) is 36.4 Å². The summed E-state index contributed by atoms with van der Waals surface area (Å²) in [5, 5.41) is 0. The Hall–Kier alpha value is -2.47. The summed E-state index contributed by atoms with van der Waals surface area (Å²) in [5.41, 5.74) is 3.27. The molecule has 1 aromatic carbocycles. The first-order chi connectivity index (χ1) is 13.2. The van der Waals surface area contributed by atoms with Gasteiger partial charge in [-0.1, -0.05) is 30.4 Å². The van der Waals surface area contributed by atoms with Crippen molar-refractivity contribution >= 4 is 29.2 Å². The van der Waals surface area contributed by atoms with E-state index in [2.05, 4.69) is 25.5 Å². The first-order valence-corrected chi connectivity index (χ1v) is 9.99. The Balaban J connectivity index is 1.28. The lowest BCUT2D eigenvalue weighted by molar-refractivity contribution is -0.133. The van der Waals surface area contributed by atoms with Crippen molar-refractivity contribution in [1.82, 2.24) is 19.4 Å². The molecule has 0 aliphatic carbocycles. The Morgan fingerprint density at radius 3 is 2.93 bits per heavy atom. The first kappa shape index (κ1) is 16.7. The van der Waals surface area contributed by atoms with Crippen LogP contribution in [0.15, 0.2) is 42.5 Å². The van der Waals surface area contributed by atoms with Gasteiger partial charge in [0.15, 0.2) is 0 Å². The number of benzene rings is 1. The van der Waals surface area contributed by atoms with Crippen molar-refractivity contribution in [3.63, 3.8) is 0 Å². The number of carbonyl (C=O) groups excluding carboxylic acids is 1. The first-order valence-electron chi connectivity index (χ1n) is 9.58. The number of hydrogen-bond donors (Lipinski definition) is 1. The quantitative estimate of drug-likeness (QED) is 0.708. The zero-order valence-corrected chi connectivity index (χ0v) is 15.9. The molecule has 2 aromatic heterocycles. The molecule has 5 nitrogen and oxygen atoms in total. The molecule has 5 rings (SSSR count). The highest BCUT2D eigenvalue weighted by Gasteiger charge is 2.35. The maximum Gasteiger partial charge on any atom is 0.223 e. The van der Waals surface area contributed by atoms with Crippen LogP contribution in [0.1, 0.15) is 30.3 Å². The summed E-state index contributed by atoms with van der Waals surface area (Å²) < 4.78 is 3.18. The van der Waals surface area contributed by atoms with Crippen molar-refractivity contribution < 1.29 is 4.79 Å². The van der Waals surface area contributed by atoms with Crippen molar-refractivity contribution in [2.24, 2.45) is 5.92 Å². The maximum atomic E-state index is 12.9. The zero-order valence-electron chi connectivity index (χ0n) is 15.1. The fourth-order valence-corrected chi connectivity index (χ4v) is 4.87. The van der Waals surface area contributed by atoms with Crippen LogP contribution < -0.4 is 0 Å². The maximum absolute atomic E-state index is 12.9. The second kappa shape index (κ2) is 6.60. The van der Waals surface area contributed by atoms with Crippen molar-refractivity contribution in [2.45, 2.75) is 31.7 Å². The Bertz CT molecular complexity index is 1040. The molecule has 2 atom stereocenters. The normalized spacial score (nSPS) is 21.3. The molecule has 0 radical (unpaired) electrons. The van der Waals surface area contributed by atoms with Crippen LogP contribution in [-0.2, 0) is 17.8 Å². The molecular formula is C21H22N4OS. The van der Waals surface area contributed by atoms with Gasteiger partial charge in [-0.2, -0.15) is 0 Å². The highest BCUT2D eigenvalue weighted by molar-refractivity contribution is 7.71. The highest BCUT2D eigenvalue weighted by atomic mass is 32.1. The van der Waals surface area contributed by atoms with Gasteiger partial charge in [0.1, 0.15) is 10.5 Å². The number of piperidine rings is 1. The van der Waals surface area contributed by atoms with E-state index in [-0.39, 0.29) is 5.91 Å². The van der Waals surface area contributed by atoms with Gasteiger partial charge >= 0.3 is 0 Å². The van der Waals surface area contributed by atoms with Gasteiger partial charge < -0.3 is 14.5 Å². The standard InChI is InChI=1S/C21H22N4OS/c26-20(9-8-19-22-16-4-1-2-5-17(16)23-19)24-11-14-10-15(13-24)18-6-3-7-21(27)25(18)12-14/h1-7,14-15H,8-13H2,(H,22,23)/t14-,15+/m1/s1. The minimum Gasteiger partial charge on any atom is -0.342 e. The lowest BCUT2D eigenvalue weighted by Gasteiger charge is -2.43. The average molecular weight is 379 g/mol. The van der Waals surface area contributed by atoms with Gasteiger partial charge in [0.05, 0.1) is 11.0 Å². The van der Waals surface area contributed by atoms with Gasteiger partial charge in [-0.3, -0.25) is 4.79 Å². The summed E-state index contributed by atoms with van der Waals surface area (Å²) >= 11 is 5.49. The molecule has 138 valence electrons. The molecule has 1 saturated heterocycles. The number of H-pyrrole nitrogens is 1. The number of pyridine rings is 1. The molecule has 27 heavy (non-hydrogen) atoms. The molecule has 0 saturated carbocycles. The van der Waals surface area contributed by atoms with Crippen LogP contribution in [0, 0.1) is 10.6 Å². The third kappa shape index (κ3) is 3.08. The number of likely N-dealkylation sites (tertiary alicyclic amines) is 1. The van der Waals surface area contributed by atoms with Gasteiger partial charge in [0.2, 0.25) is 5.91 Å². The van der Waals surface area contributed by atoms with Crippen LogP contribution in [-0.4, -0.2) is 38.4 Å². The van der Waals surface area contributed by atoms with Crippen LogP contribution in [0.2, 0.25) is 0 Å². The molecule has 2 aliphatic heterocycles. The number of imidazole rings is 1. The molecule has 2 bridgehead atoms. The third-order valence-corrected chi connectivity index (χ3v) is 6.20. The van der Waals surface area contributed by atoms with Gasteiger partial charge in [0, 0.05) is 44.1 Å². The second-order valence-corrected chi connectivity index (χ2v) is 8.12. The summed E-state index contributed by atoms with van der Waals surface area (Å²) in [6, 6.07) is 14.2. The average Bonchev–Trinajstić information content (AvgIpc) is 3.10. The van der Waals surface area contributed by atoms with Crippen LogP contribution in [0.25, 0.3) is 11.0 Å². The number of rotatable bonds is 3. The van der Waals surface area contributed by atoms with E-state index in [1.165, 1.54) is 5.69 Å². The summed E-state index contributed by atoms with van der Waals surface area (Å²) in [6.45, 7) is 2.57. The Labute approximate surface area is 163 Å². The monoisotopic (exact) mass is 378 g/mol. The van der Waals surface area contributed by atoms with E-state index in [0.717, 1.165) is 47.6 Å². The van der Waals surface area contributed by atoms with E-state index < -0.39 is 0 Å². The zero-order chi connectivity index (χ0) is 18.4. The van der Waals surface area contributed by atoms with Crippen molar-refractivity contribution in [3.8, 4) is 0 Å². The lowest BCUT2D eigenvalue weighted by Crippen LogP contribution is -2.47. The van der Waals surface area contributed by atoms with E-state index in [1.54, 1.807) is 0 Å². The lowest BCUT2D eigenvalue weighted by atomic mass is 9.83. The number of aromatic nitrogens is 3. The molecule has 1 N–H and O–H groups in total. The molecule has 0 spiro atoms. The number of para-hydroxylation sites is 2. The van der Waals surface area contributed by atoms with E-state index in [4.69, 9.17) is 12.2 Å². The molecule has 0 unspecified atom stereocenters. The molecule has 4 heterocycles. The van der Waals surface area contributed by atoms with Gasteiger partial charge in [-0.05, 0) is 36.6 Å². The van der Waals surface area contributed by atoms with E-state index in [9.17, 15) is 4.79 Å².